The van der Waals surface area contributed by atoms with Crippen molar-refractivity contribution in [1.29, 1.82) is 0 Å². The largest absolute Gasteiger partial charge is 0.481 e. The molecule has 10 N–H and O–H groups in total. The van der Waals surface area contributed by atoms with Crippen molar-refractivity contribution in [2.75, 3.05) is 72.5 Å². The van der Waals surface area contributed by atoms with E-state index >= 15 is 0 Å². The second-order valence-corrected chi connectivity index (χ2v) is 17.6. The molecule has 0 aliphatic carbocycles. The zero-order valence-corrected chi connectivity index (χ0v) is 43.0. The van der Waals surface area contributed by atoms with E-state index in [1.54, 1.807) is 0 Å². The molecule has 3 atom stereocenters. The Kier molecular flexibility index (Phi) is 42.9. The fourth-order valence-electron chi connectivity index (χ4n) is 6.98. The van der Waals surface area contributed by atoms with Crippen LogP contribution >= 0.6 is 0 Å². The van der Waals surface area contributed by atoms with Gasteiger partial charge in [-0.1, -0.05) is 90.4 Å². The highest BCUT2D eigenvalue weighted by molar-refractivity contribution is 5.87. The summed E-state index contributed by atoms with van der Waals surface area (Å²) in [7, 11) is 0. The van der Waals surface area contributed by atoms with Crippen LogP contribution in [0.5, 0.6) is 0 Å². The Morgan fingerprint density at radius 2 is 0.671 bits per heavy atom. The average Bonchev–Trinajstić information content (AvgIpc) is 3.33. The van der Waals surface area contributed by atoms with Gasteiger partial charge in [-0.3, -0.25) is 33.6 Å². The second-order valence-electron chi connectivity index (χ2n) is 17.6. The molecule has 0 rings (SSSR count). The minimum atomic E-state index is -1.45. The van der Waals surface area contributed by atoms with Crippen molar-refractivity contribution in [1.82, 2.24) is 31.9 Å². The number of carbonyl (C=O) groups is 10. The third kappa shape index (κ3) is 43.8. The van der Waals surface area contributed by atoms with Gasteiger partial charge in [-0.25, -0.2) is 14.4 Å². The fourth-order valence-corrected chi connectivity index (χ4v) is 6.98. The number of ether oxygens (including phenoxy) is 4. The minimum Gasteiger partial charge on any atom is -0.481 e. The molecule has 0 saturated heterocycles. The number of carbonyl (C=O) groups excluding carboxylic acids is 6. The van der Waals surface area contributed by atoms with Crippen molar-refractivity contribution in [3.05, 3.63) is 0 Å². The molecule has 24 heteroatoms. The lowest BCUT2D eigenvalue weighted by Gasteiger charge is -2.17. The Hall–Kier alpha value is -5.46. The van der Waals surface area contributed by atoms with Crippen LogP contribution in [0.2, 0.25) is 0 Å². The number of hydrogen-bond acceptors (Lipinski definition) is 14. The Balaban J connectivity index is 3.90. The SMILES string of the molecule is CCCCNC(=O)CC[C@H](NC(=O)CCC(NC(=O)COCCOCCNC(=O)COCCOCCNC(=O)CC[C@H](NC(=O)CCCCCCCCCCCCCCCCC(=O)O)C(=O)O)C(=O)O)C(=O)O. The van der Waals surface area contributed by atoms with E-state index in [0.29, 0.717) is 13.0 Å². The van der Waals surface area contributed by atoms with E-state index in [2.05, 4.69) is 31.9 Å². The predicted molar refractivity (Wildman–Crippen MR) is 265 cm³/mol. The van der Waals surface area contributed by atoms with Gasteiger partial charge in [0.1, 0.15) is 31.3 Å². The summed E-state index contributed by atoms with van der Waals surface area (Å²) in [6, 6.07) is -3.97. The van der Waals surface area contributed by atoms with Gasteiger partial charge in [-0.05, 0) is 38.5 Å². The molecule has 1 unspecified atom stereocenters. The first-order chi connectivity index (χ1) is 35.0. The number of carboxylic acid groups (broad SMARTS) is 4. The lowest BCUT2D eigenvalue weighted by Crippen LogP contribution is -2.45. The summed E-state index contributed by atoms with van der Waals surface area (Å²) in [5.74, 6) is -7.72. The number of rotatable bonds is 51. The molecule has 0 aromatic rings. The smallest absolute Gasteiger partial charge is 0.326 e. The molecule has 73 heavy (non-hydrogen) atoms. The molecule has 0 fully saturated rings. The first-order valence-electron chi connectivity index (χ1n) is 25.9. The van der Waals surface area contributed by atoms with Crippen LogP contribution in [-0.2, 0) is 66.9 Å². The molecule has 0 bridgehead atoms. The van der Waals surface area contributed by atoms with Crippen LogP contribution in [0.25, 0.3) is 0 Å². The summed E-state index contributed by atoms with van der Waals surface area (Å²) in [4.78, 5) is 118. The van der Waals surface area contributed by atoms with Crippen molar-refractivity contribution >= 4 is 59.3 Å². The van der Waals surface area contributed by atoms with Crippen molar-refractivity contribution in [3.63, 3.8) is 0 Å². The molecular formula is C49H86N6O18. The van der Waals surface area contributed by atoms with Gasteiger partial charge >= 0.3 is 23.9 Å². The zero-order valence-electron chi connectivity index (χ0n) is 43.0. The van der Waals surface area contributed by atoms with E-state index in [9.17, 15) is 63.3 Å². The number of hydrogen-bond donors (Lipinski definition) is 10. The summed E-state index contributed by atoms with van der Waals surface area (Å²) in [5.41, 5.74) is 0. The molecule has 0 aromatic heterocycles. The van der Waals surface area contributed by atoms with Crippen molar-refractivity contribution in [2.45, 2.75) is 179 Å². The molecule has 0 saturated carbocycles. The molecule has 0 aliphatic heterocycles. The normalized spacial score (nSPS) is 12.2. The second kappa shape index (κ2) is 46.3. The molecule has 24 nitrogen and oxygen atoms in total. The average molecular weight is 1050 g/mol. The van der Waals surface area contributed by atoms with Crippen LogP contribution < -0.4 is 31.9 Å². The number of amides is 6. The van der Waals surface area contributed by atoms with Gasteiger partial charge < -0.3 is 71.3 Å². The molecule has 420 valence electrons. The first kappa shape index (κ1) is 67.5. The van der Waals surface area contributed by atoms with Crippen molar-refractivity contribution in [3.8, 4) is 0 Å². The predicted octanol–water partition coefficient (Wildman–Crippen LogP) is 2.58. The molecular weight excluding hydrogens is 961 g/mol. The fraction of sp³-hybridized carbons (Fsp3) is 0.796. The quantitative estimate of drug-likeness (QED) is 0.0391. The summed E-state index contributed by atoms with van der Waals surface area (Å²) in [5, 5.41) is 52.0. The van der Waals surface area contributed by atoms with E-state index in [0.717, 1.165) is 64.2 Å². The van der Waals surface area contributed by atoms with Crippen LogP contribution in [0.3, 0.4) is 0 Å². The highest BCUT2D eigenvalue weighted by Gasteiger charge is 2.25. The number of aliphatic carboxylic acids is 4. The Morgan fingerprint density at radius 1 is 0.342 bits per heavy atom. The Labute approximate surface area is 429 Å². The van der Waals surface area contributed by atoms with Crippen molar-refractivity contribution in [2.24, 2.45) is 0 Å². The van der Waals surface area contributed by atoms with Gasteiger partial charge in [0, 0.05) is 51.7 Å². The number of unbranched alkanes of at least 4 members (excludes halogenated alkanes) is 14. The van der Waals surface area contributed by atoms with Crippen LogP contribution in [0, 0.1) is 0 Å². The highest BCUT2D eigenvalue weighted by Crippen LogP contribution is 2.14. The summed E-state index contributed by atoms with van der Waals surface area (Å²) >= 11 is 0. The lowest BCUT2D eigenvalue weighted by atomic mass is 10.0. The zero-order chi connectivity index (χ0) is 54.3. The molecule has 0 heterocycles. The van der Waals surface area contributed by atoms with Gasteiger partial charge in [0.2, 0.25) is 35.4 Å². The third-order valence-corrected chi connectivity index (χ3v) is 11.1. The van der Waals surface area contributed by atoms with Crippen LogP contribution in [0.1, 0.15) is 161 Å². The van der Waals surface area contributed by atoms with Gasteiger partial charge in [-0.2, -0.15) is 0 Å². The van der Waals surface area contributed by atoms with E-state index in [-0.39, 0.29) is 122 Å². The highest BCUT2D eigenvalue weighted by atomic mass is 16.5. The maximum atomic E-state index is 12.4. The van der Waals surface area contributed by atoms with E-state index in [1.165, 1.54) is 32.1 Å². The monoisotopic (exact) mass is 1050 g/mol. The number of nitrogens with one attached hydrogen (secondary N) is 6. The maximum Gasteiger partial charge on any atom is 0.326 e. The summed E-state index contributed by atoms with van der Waals surface area (Å²) in [6.07, 6.45) is 15.8. The maximum absolute atomic E-state index is 12.4. The van der Waals surface area contributed by atoms with Crippen LogP contribution in [-0.4, -0.2) is 170 Å². The molecule has 0 spiro atoms. The van der Waals surface area contributed by atoms with Gasteiger partial charge in [0.15, 0.2) is 0 Å². The minimum absolute atomic E-state index is 0.0282. The lowest BCUT2D eigenvalue weighted by molar-refractivity contribution is -0.144. The summed E-state index contributed by atoms with van der Waals surface area (Å²) in [6.45, 7) is 2.52. The van der Waals surface area contributed by atoms with Crippen LogP contribution in [0.15, 0.2) is 0 Å². The van der Waals surface area contributed by atoms with Crippen LogP contribution in [0.4, 0.5) is 0 Å². The molecule has 6 amide bonds. The standard InChI is InChI=1S/C49H86N6O18/c1-2-3-26-50-40(56)23-20-38(48(66)67)54-43(59)25-22-39(49(68)69)55-45(61)36-73-34-32-71-30-28-52-44(60)35-72-33-31-70-29-27-51-41(57)24-21-37(47(64)65)53-42(58)18-16-14-12-10-8-6-4-5-7-9-11-13-15-17-19-46(62)63/h37-39H,2-36H2,1H3,(H,50,56)(H,51,57)(H,52,60)(H,53,58)(H,54,59)(H,55,61)(H,62,63)(H,64,65)(H,66,67)(H,68,69)/t37-,38-,39?/m0/s1. The molecule has 0 radical (unpaired) electrons. The van der Waals surface area contributed by atoms with E-state index in [1.807, 2.05) is 6.92 Å². The van der Waals surface area contributed by atoms with E-state index in [4.69, 9.17) is 24.1 Å². The summed E-state index contributed by atoms with van der Waals surface area (Å²) < 4.78 is 21.2. The third-order valence-electron chi connectivity index (χ3n) is 11.1. The van der Waals surface area contributed by atoms with E-state index < -0.39 is 72.8 Å². The molecule has 0 aliphatic rings. The van der Waals surface area contributed by atoms with Gasteiger partial charge in [0.25, 0.3) is 0 Å². The van der Waals surface area contributed by atoms with Gasteiger partial charge in [-0.15, -0.1) is 0 Å². The first-order valence-corrected chi connectivity index (χ1v) is 25.9. The number of carboxylic acids is 4. The Morgan fingerprint density at radius 3 is 1.08 bits per heavy atom. The van der Waals surface area contributed by atoms with Gasteiger partial charge in [0.05, 0.1) is 39.6 Å². The topological polar surface area (TPSA) is 361 Å². The van der Waals surface area contributed by atoms with Crippen molar-refractivity contribution < 1.29 is 87.3 Å². The molecule has 0 aromatic carbocycles. The Bertz CT molecular complexity index is 1600.